The summed E-state index contributed by atoms with van der Waals surface area (Å²) in [5.74, 6) is 1.19. The number of carbonyl (C=O) groups is 1. The Bertz CT molecular complexity index is 609. The zero-order valence-electron chi connectivity index (χ0n) is 15.7. The number of rotatable bonds is 3. The van der Waals surface area contributed by atoms with E-state index in [0.29, 0.717) is 11.3 Å². The normalized spacial score (nSPS) is 27.0. The first-order valence-electron chi connectivity index (χ1n) is 9.92. The van der Waals surface area contributed by atoms with Gasteiger partial charge in [0.1, 0.15) is 11.9 Å². The number of likely N-dealkylation sites (N-methyl/N-ethyl adjacent to an activating group) is 1. The van der Waals surface area contributed by atoms with Crippen LogP contribution in [0.1, 0.15) is 32.1 Å². The molecular weight excluding hydrogens is 328 g/mol. The van der Waals surface area contributed by atoms with Crippen LogP contribution < -0.4 is 10.1 Å². The third-order valence-electron chi connectivity index (χ3n) is 6.40. The molecule has 4 rings (SSSR count). The van der Waals surface area contributed by atoms with Crippen LogP contribution in [0.15, 0.2) is 24.5 Å². The first-order chi connectivity index (χ1) is 12.7. The molecule has 3 aliphatic heterocycles. The van der Waals surface area contributed by atoms with E-state index < -0.39 is 0 Å². The molecule has 1 aromatic heterocycles. The Hall–Kier alpha value is -1.66. The highest BCUT2D eigenvalue weighted by Gasteiger charge is 2.46. The van der Waals surface area contributed by atoms with Gasteiger partial charge in [0.15, 0.2) is 0 Å². The van der Waals surface area contributed by atoms with Gasteiger partial charge in [0.25, 0.3) is 0 Å². The molecule has 1 amide bonds. The van der Waals surface area contributed by atoms with Crippen LogP contribution in [0.2, 0.25) is 0 Å². The summed E-state index contributed by atoms with van der Waals surface area (Å²) in [6.45, 7) is 4.84. The first-order valence-corrected chi connectivity index (χ1v) is 9.92. The topological polar surface area (TPSA) is 57.7 Å². The second-order valence-electron chi connectivity index (χ2n) is 8.21. The Kier molecular flexibility index (Phi) is 5.14. The predicted octanol–water partition coefficient (Wildman–Crippen LogP) is 1.53. The summed E-state index contributed by atoms with van der Waals surface area (Å²) in [7, 11) is 2.12. The van der Waals surface area contributed by atoms with Crippen molar-refractivity contribution in [3.8, 4) is 5.75 Å². The number of hydrogen-bond acceptors (Lipinski definition) is 5. The van der Waals surface area contributed by atoms with Gasteiger partial charge in [0.2, 0.25) is 5.91 Å². The Morgan fingerprint density at radius 3 is 2.62 bits per heavy atom. The maximum atomic E-state index is 13.1. The molecule has 0 bridgehead atoms. The quantitative estimate of drug-likeness (QED) is 0.888. The number of ether oxygens (including phenoxy) is 1. The first kappa shape index (κ1) is 17.7. The third kappa shape index (κ3) is 3.71. The van der Waals surface area contributed by atoms with Crippen LogP contribution >= 0.6 is 0 Å². The van der Waals surface area contributed by atoms with Crippen molar-refractivity contribution in [1.29, 1.82) is 0 Å². The van der Waals surface area contributed by atoms with E-state index in [4.69, 9.17) is 4.74 Å². The average molecular weight is 358 g/mol. The van der Waals surface area contributed by atoms with Gasteiger partial charge in [0, 0.05) is 44.9 Å². The lowest BCUT2D eigenvalue weighted by atomic mass is 9.77. The van der Waals surface area contributed by atoms with Crippen LogP contribution in [0.25, 0.3) is 0 Å². The van der Waals surface area contributed by atoms with Crippen molar-refractivity contribution >= 4 is 5.91 Å². The molecule has 3 saturated heterocycles. The molecule has 1 unspecified atom stereocenters. The van der Waals surface area contributed by atoms with Gasteiger partial charge >= 0.3 is 0 Å². The molecule has 26 heavy (non-hydrogen) atoms. The van der Waals surface area contributed by atoms with Crippen molar-refractivity contribution in [2.45, 2.75) is 44.2 Å². The summed E-state index contributed by atoms with van der Waals surface area (Å²) >= 11 is 0. The van der Waals surface area contributed by atoms with Crippen LogP contribution in [0.3, 0.4) is 0 Å². The molecular formula is C20H30N4O2. The van der Waals surface area contributed by atoms with Gasteiger partial charge in [-0.05, 0) is 56.9 Å². The third-order valence-corrected chi connectivity index (χ3v) is 6.40. The van der Waals surface area contributed by atoms with E-state index in [1.54, 1.807) is 12.4 Å². The summed E-state index contributed by atoms with van der Waals surface area (Å²) in [5.41, 5.74) is 0.350. The Balaban J connectivity index is 1.31. The summed E-state index contributed by atoms with van der Waals surface area (Å²) in [6.07, 6.45) is 8.92. The van der Waals surface area contributed by atoms with E-state index in [0.717, 1.165) is 57.7 Å². The van der Waals surface area contributed by atoms with E-state index >= 15 is 0 Å². The fourth-order valence-corrected chi connectivity index (χ4v) is 4.88. The van der Waals surface area contributed by atoms with Crippen LogP contribution in [0.4, 0.5) is 0 Å². The van der Waals surface area contributed by atoms with Crippen molar-refractivity contribution in [2.75, 3.05) is 39.8 Å². The number of amides is 1. The SMILES string of the molecule is CN1CC2(CCNCC2)CC1C(=O)N1CCC(Oc2ccncc2)CC1. The second-order valence-corrected chi connectivity index (χ2v) is 8.21. The number of likely N-dealkylation sites (tertiary alicyclic amines) is 2. The number of piperidine rings is 2. The van der Waals surface area contributed by atoms with Crippen LogP contribution in [0, 0.1) is 5.41 Å². The Morgan fingerprint density at radius 1 is 1.23 bits per heavy atom. The van der Waals surface area contributed by atoms with Gasteiger partial charge in [-0.1, -0.05) is 0 Å². The van der Waals surface area contributed by atoms with E-state index in [9.17, 15) is 4.79 Å². The monoisotopic (exact) mass is 358 g/mol. The zero-order chi connectivity index (χ0) is 18.0. The molecule has 142 valence electrons. The highest BCUT2D eigenvalue weighted by molar-refractivity contribution is 5.82. The molecule has 1 spiro atoms. The van der Waals surface area contributed by atoms with E-state index in [1.165, 1.54) is 12.8 Å². The van der Waals surface area contributed by atoms with Gasteiger partial charge in [-0.25, -0.2) is 0 Å². The van der Waals surface area contributed by atoms with Crippen LogP contribution in [-0.2, 0) is 4.79 Å². The minimum Gasteiger partial charge on any atom is -0.490 e. The van der Waals surface area contributed by atoms with Crippen molar-refractivity contribution in [2.24, 2.45) is 5.41 Å². The van der Waals surface area contributed by atoms with Gasteiger partial charge in [0.05, 0.1) is 6.04 Å². The molecule has 6 heteroatoms. The zero-order valence-corrected chi connectivity index (χ0v) is 15.7. The molecule has 0 aliphatic carbocycles. The Morgan fingerprint density at radius 2 is 1.92 bits per heavy atom. The van der Waals surface area contributed by atoms with Gasteiger partial charge in [-0.15, -0.1) is 0 Å². The number of aromatic nitrogens is 1. The van der Waals surface area contributed by atoms with Crippen molar-refractivity contribution in [3.63, 3.8) is 0 Å². The smallest absolute Gasteiger partial charge is 0.239 e. The van der Waals surface area contributed by atoms with Gasteiger partial charge in [-0.3, -0.25) is 14.7 Å². The fourth-order valence-electron chi connectivity index (χ4n) is 4.88. The maximum absolute atomic E-state index is 13.1. The summed E-state index contributed by atoms with van der Waals surface area (Å²) in [4.78, 5) is 21.5. The molecule has 3 fully saturated rings. The van der Waals surface area contributed by atoms with E-state index in [2.05, 4.69) is 27.1 Å². The lowest BCUT2D eigenvalue weighted by Gasteiger charge is -2.35. The maximum Gasteiger partial charge on any atom is 0.239 e. The lowest BCUT2D eigenvalue weighted by molar-refractivity contribution is -0.137. The predicted molar refractivity (Wildman–Crippen MR) is 100 cm³/mol. The fraction of sp³-hybridized carbons (Fsp3) is 0.700. The van der Waals surface area contributed by atoms with E-state index in [1.807, 2.05) is 12.1 Å². The second kappa shape index (κ2) is 7.53. The van der Waals surface area contributed by atoms with Crippen LogP contribution in [-0.4, -0.2) is 72.6 Å². The van der Waals surface area contributed by atoms with Gasteiger partial charge in [-0.2, -0.15) is 0 Å². The van der Waals surface area contributed by atoms with Crippen LogP contribution in [0.5, 0.6) is 5.75 Å². The molecule has 0 aromatic carbocycles. The largest absolute Gasteiger partial charge is 0.490 e. The summed E-state index contributed by atoms with van der Waals surface area (Å²) in [6, 6.07) is 3.85. The lowest BCUT2D eigenvalue weighted by Crippen LogP contribution is -2.48. The number of nitrogens with zero attached hydrogens (tertiary/aromatic N) is 3. The highest BCUT2D eigenvalue weighted by Crippen LogP contribution is 2.41. The molecule has 0 saturated carbocycles. The molecule has 1 aromatic rings. The minimum absolute atomic E-state index is 0.0609. The standard InChI is InChI=1S/C20H30N4O2/c1-23-15-20(6-10-22-11-7-20)14-18(23)19(25)24-12-4-17(5-13-24)26-16-2-8-21-9-3-16/h2-3,8-9,17-18,22H,4-7,10-15H2,1H3. The summed E-state index contributed by atoms with van der Waals surface area (Å²) < 4.78 is 6.02. The molecule has 1 atom stereocenters. The highest BCUT2D eigenvalue weighted by atomic mass is 16.5. The number of hydrogen-bond donors (Lipinski definition) is 1. The van der Waals surface area contributed by atoms with E-state index in [-0.39, 0.29) is 12.1 Å². The molecule has 3 aliphatic rings. The number of pyridine rings is 1. The number of carbonyl (C=O) groups excluding carboxylic acids is 1. The number of nitrogens with one attached hydrogen (secondary N) is 1. The molecule has 6 nitrogen and oxygen atoms in total. The van der Waals surface area contributed by atoms with Crippen molar-refractivity contribution in [3.05, 3.63) is 24.5 Å². The summed E-state index contributed by atoms with van der Waals surface area (Å²) in [5, 5.41) is 3.45. The minimum atomic E-state index is 0.0609. The molecule has 1 N–H and O–H groups in total. The Labute approximate surface area is 155 Å². The van der Waals surface area contributed by atoms with Gasteiger partial charge < -0.3 is 15.0 Å². The molecule has 0 radical (unpaired) electrons. The van der Waals surface area contributed by atoms with Crippen molar-refractivity contribution < 1.29 is 9.53 Å². The van der Waals surface area contributed by atoms with Crippen molar-refractivity contribution in [1.82, 2.24) is 20.1 Å². The average Bonchev–Trinajstić information content (AvgIpc) is 2.99. The molecule has 4 heterocycles.